The van der Waals surface area contributed by atoms with Gasteiger partial charge in [0.1, 0.15) is 10.7 Å². The zero-order chi connectivity index (χ0) is 17.1. The number of halogens is 1. The Bertz CT molecular complexity index is 845. The van der Waals surface area contributed by atoms with Crippen LogP contribution in [0.3, 0.4) is 0 Å². The molecular weight excluding hydrogens is 348 g/mol. The number of rotatable bonds is 4. The predicted octanol–water partition coefficient (Wildman–Crippen LogP) is 2.24. The van der Waals surface area contributed by atoms with Crippen LogP contribution in [0.4, 0.5) is 0 Å². The topological polar surface area (TPSA) is 98.0 Å². The molecule has 0 fully saturated rings. The van der Waals surface area contributed by atoms with E-state index in [1.165, 1.54) is 11.3 Å². The average Bonchev–Trinajstić information content (AvgIpc) is 3.07. The summed E-state index contributed by atoms with van der Waals surface area (Å²) in [5.74, 6) is -1.01. The fourth-order valence-corrected chi connectivity index (χ4v) is 3.23. The van der Waals surface area contributed by atoms with Crippen LogP contribution >= 0.6 is 22.9 Å². The summed E-state index contributed by atoms with van der Waals surface area (Å²) in [6.45, 7) is 0. The first-order valence-corrected chi connectivity index (χ1v) is 8.38. The number of amides is 2. The van der Waals surface area contributed by atoms with Gasteiger partial charge in [0.2, 0.25) is 5.91 Å². The van der Waals surface area contributed by atoms with E-state index in [0.717, 1.165) is 5.56 Å². The summed E-state index contributed by atoms with van der Waals surface area (Å²) in [7, 11) is 0. The third kappa shape index (κ3) is 3.52. The highest BCUT2D eigenvalue weighted by Crippen LogP contribution is 2.24. The van der Waals surface area contributed by atoms with Crippen molar-refractivity contribution in [2.75, 3.05) is 0 Å². The fourth-order valence-electron chi connectivity index (χ4n) is 2.21. The third-order valence-electron chi connectivity index (χ3n) is 3.39. The van der Waals surface area contributed by atoms with Crippen LogP contribution in [0.15, 0.2) is 53.3 Å². The normalized spacial score (nSPS) is 17.0. The molecule has 0 aromatic carbocycles. The number of hydrogen-bond donors (Lipinski definition) is 2. The second kappa shape index (κ2) is 6.94. The van der Waals surface area contributed by atoms with Crippen LogP contribution in [-0.2, 0) is 4.79 Å². The number of nitrogens with zero attached hydrogens (tertiary/aromatic N) is 2. The minimum Gasteiger partial charge on any atom is -0.366 e. The number of pyridine rings is 1. The second-order valence-corrected chi connectivity index (χ2v) is 6.49. The van der Waals surface area contributed by atoms with E-state index in [4.69, 9.17) is 17.3 Å². The number of thiazole rings is 1. The number of primary amides is 1. The molecule has 1 aliphatic rings. The lowest BCUT2D eigenvalue weighted by atomic mass is 10.0. The summed E-state index contributed by atoms with van der Waals surface area (Å²) in [5, 5.41) is 4.70. The Hall–Kier alpha value is -2.51. The highest BCUT2D eigenvalue weighted by Gasteiger charge is 2.21. The minimum absolute atomic E-state index is 0.261. The van der Waals surface area contributed by atoms with Gasteiger partial charge < -0.3 is 11.1 Å². The van der Waals surface area contributed by atoms with Crippen LogP contribution in [0.2, 0.25) is 0 Å². The number of carbonyl (C=O) groups excluding carboxylic acids is 2. The molecule has 122 valence electrons. The van der Waals surface area contributed by atoms with Gasteiger partial charge in [0.25, 0.3) is 5.91 Å². The van der Waals surface area contributed by atoms with Crippen molar-refractivity contribution in [2.45, 2.75) is 11.8 Å². The molecule has 1 unspecified atom stereocenters. The van der Waals surface area contributed by atoms with E-state index in [1.807, 2.05) is 6.07 Å². The molecule has 24 heavy (non-hydrogen) atoms. The molecule has 0 bridgehead atoms. The molecule has 1 atom stereocenters. The maximum atomic E-state index is 12.4. The summed E-state index contributed by atoms with van der Waals surface area (Å²) in [4.78, 5) is 32.2. The second-order valence-electron chi connectivity index (χ2n) is 5.07. The van der Waals surface area contributed by atoms with Crippen molar-refractivity contribution >= 4 is 34.8 Å². The van der Waals surface area contributed by atoms with Gasteiger partial charge in [-0.3, -0.25) is 14.6 Å². The third-order valence-corrected chi connectivity index (χ3v) is 4.58. The number of hydrogen-bond acceptors (Lipinski definition) is 5. The Morgan fingerprint density at radius 2 is 2.25 bits per heavy atom. The standard InChI is InChI=1S/C16H13ClN4O2S/c17-10-3-4-12(11(6-10)14(18)22)20-15(23)13-8-24-16(21-13)9-2-1-5-19-7-9/h1-5,7-8,10H,6H2,(H2,18,22)(H,20,23). The predicted molar refractivity (Wildman–Crippen MR) is 92.4 cm³/mol. The van der Waals surface area contributed by atoms with Gasteiger partial charge in [0, 0.05) is 34.6 Å². The zero-order valence-corrected chi connectivity index (χ0v) is 14.0. The van der Waals surface area contributed by atoms with Crippen LogP contribution in [0, 0.1) is 0 Å². The number of nitrogens with one attached hydrogen (secondary N) is 1. The van der Waals surface area contributed by atoms with Gasteiger partial charge in [0.15, 0.2) is 0 Å². The molecule has 8 heteroatoms. The molecule has 2 heterocycles. The first kappa shape index (κ1) is 16.4. The quantitative estimate of drug-likeness (QED) is 0.817. The summed E-state index contributed by atoms with van der Waals surface area (Å²) >= 11 is 7.33. The number of aromatic nitrogens is 2. The van der Waals surface area contributed by atoms with Gasteiger partial charge in [-0.15, -0.1) is 22.9 Å². The molecule has 2 aromatic heterocycles. The first-order chi connectivity index (χ1) is 11.5. The Kier molecular flexibility index (Phi) is 4.73. The summed E-state index contributed by atoms with van der Waals surface area (Å²) in [5.41, 5.74) is 7.11. The Labute approximate surface area is 147 Å². The van der Waals surface area contributed by atoms with Crippen molar-refractivity contribution in [3.05, 3.63) is 59.0 Å². The molecule has 2 amide bonds. The monoisotopic (exact) mass is 360 g/mol. The molecular formula is C16H13ClN4O2S. The molecule has 2 aromatic rings. The summed E-state index contributed by atoms with van der Waals surface area (Å²) in [6.07, 6.45) is 6.92. The number of carbonyl (C=O) groups is 2. The van der Waals surface area contributed by atoms with E-state index in [2.05, 4.69) is 15.3 Å². The van der Waals surface area contributed by atoms with Crippen molar-refractivity contribution in [1.82, 2.24) is 15.3 Å². The maximum absolute atomic E-state index is 12.4. The number of nitrogens with two attached hydrogens (primary N) is 1. The van der Waals surface area contributed by atoms with Gasteiger partial charge in [-0.2, -0.15) is 0 Å². The van der Waals surface area contributed by atoms with Crippen LogP contribution in [0.25, 0.3) is 10.6 Å². The summed E-state index contributed by atoms with van der Waals surface area (Å²) < 4.78 is 0. The smallest absolute Gasteiger partial charge is 0.275 e. The lowest BCUT2D eigenvalue weighted by Crippen LogP contribution is -2.29. The van der Waals surface area contributed by atoms with Crippen molar-refractivity contribution < 1.29 is 9.59 Å². The highest BCUT2D eigenvalue weighted by atomic mass is 35.5. The zero-order valence-electron chi connectivity index (χ0n) is 12.4. The molecule has 6 nitrogen and oxygen atoms in total. The van der Waals surface area contributed by atoms with Crippen LogP contribution in [0.1, 0.15) is 16.9 Å². The first-order valence-electron chi connectivity index (χ1n) is 7.07. The highest BCUT2D eigenvalue weighted by molar-refractivity contribution is 7.13. The van der Waals surface area contributed by atoms with E-state index in [0.29, 0.717) is 16.3 Å². The van der Waals surface area contributed by atoms with Crippen LogP contribution < -0.4 is 11.1 Å². The van der Waals surface area contributed by atoms with Gasteiger partial charge in [-0.05, 0) is 24.6 Å². The van der Waals surface area contributed by atoms with Gasteiger partial charge >= 0.3 is 0 Å². The van der Waals surface area contributed by atoms with E-state index in [1.54, 1.807) is 36.0 Å². The SMILES string of the molecule is NC(=O)C1=C(NC(=O)c2csc(-c3cccnc3)n2)C=CC(Cl)C1. The van der Waals surface area contributed by atoms with Gasteiger partial charge in [-0.25, -0.2) is 4.98 Å². The average molecular weight is 361 g/mol. The van der Waals surface area contributed by atoms with Gasteiger partial charge in [0.05, 0.1) is 5.38 Å². The molecule has 3 rings (SSSR count). The largest absolute Gasteiger partial charge is 0.366 e. The van der Waals surface area contributed by atoms with E-state index < -0.39 is 11.8 Å². The fraction of sp³-hybridized carbons (Fsp3) is 0.125. The molecule has 0 saturated carbocycles. The van der Waals surface area contributed by atoms with Gasteiger partial charge in [-0.1, -0.05) is 6.08 Å². The van der Waals surface area contributed by atoms with Crippen LogP contribution in [0.5, 0.6) is 0 Å². The Balaban J connectivity index is 1.81. The van der Waals surface area contributed by atoms with E-state index >= 15 is 0 Å². The van der Waals surface area contributed by atoms with E-state index in [-0.39, 0.29) is 17.5 Å². The minimum atomic E-state index is -0.602. The summed E-state index contributed by atoms with van der Waals surface area (Å²) in [6, 6.07) is 3.67. The molecule has 0 radical (unpaired) electrons. The molecule has 3 N–H and O–H groups in total. The Morgan fingerprint density at radius 1 is 1.42 bits per heavy atom. The number of alkyl halides is 1. The lowest BCUT2D eigenvalue weighted by molar-refractivity contribution is -0.114. The Morgan fingerprint density at radius 3 is 2.96 bits per heavy atom. The van der Waals surface area contributed by atoms with Crippen molar-refractivity contribution in [1.29, 1.82) is 0 Å². The number of allylic oxidation sites excluding steroid dienone is 2. The van der Waals surface area contributed by atoms with Crippen molar-refractivity contribution in [3.8, 4) is 10.6 Å². The van der Waals surface area contributed by atoms with Crippen LogP contribution in [-0.4, -0.2) is 27.2 Å². The lowest BCUT2D eigenvalue weighted by Gasteiger charge is -2.17. The molecule has 0 saturated heterocycles. The van der Waals surface area contributed by atoms with Crippen molar-refractivity contribution in [2.24, 2.45) is 5.73 Å². The molecule has 0 aliphatic heterocycles. The molecule has 1 aliphatic carbocycles. The molecule has 0 spiro atoms. The maximum Gasteiger partial charge on any atom is 0.275 e. The van der Waals surface area contributed by atoms with Crippen molar-refractivity contribution in [3.63, 3.8) is 0 Å². The van der Waals surface area contributed by atoms with E-state index in [9.17, 15) is 9.59 Å².